The Morgan fingerprint density at radius 1 is 1.29 bits per heavy atom. The van der Waals surface area contributed by atoms with Crippen LogP contribution in [0.5, 0.6) is 0 Å². The average Bonchev–Trinajstić information content (AvgIpc) is 2.49. The van der Waals surface area contributed by atoms with Crippen molar-refractivity contribution in [1.82, 2.24) is 5.32 Å². The van der Waals surface area contributed by atoms with Crippen LogP contribution in [0.4, 0.5) is 10.5 Å². The molecule has 21 heavy (non-hydrogen) atoms. The lowest BCUT2D eigenvalue weighted by Gasteiger charge is -2.26. The van der Waals surface area contributed by atoms with Crippen molar-refractivity contribution >= 4 is 11.7 Å². The largest absolute Gasteiger partial charge is 0.393 e. The highest BCUT2D eigenvalue weighted by molar-refractivity contribution is 5.90. The summed E-state index contributed by atoms with van der Waals surface area (Å²) in [5.74, 6) is 0. The van der Waals surface area contributed by atoms with Gasteiger partial charge in [-0.1, -0.05) is 18.2 Å². The topological polar surface area (TPSA) is 70.6 Å². The van der Waals surface area contributed by atoms with E-state index in [2.05, 4.69) is 10.6 Å². The first-order valence-electron chi connectivity index (χ1n) is 7.60. The molecule has 2 amide bonds. The van der Waals surface area contributed by atoms with Crippen LogP contribution in [0.15, 0.2) is 24.3 Å². The minimum atomic E-state index is -0.210. The number of aliphatic hydroxyl groups is 1. The predicted molar refractivity (Wildman–Crippen MR) is 82.2 cm³/mol. The molecule has 0 bridgehead atoms. The van der Waals surface area contributed by atoms with Crippen LogP contribution in [-0.4, -0.2) is 29.9 Å². The maximum atomic E-state index is 12.1. The Morgan fingerprint density at radius 3 is 2.71 bits per heavy atom. The molecule has 1 aromatic rings. The molecule has 5 heteroatoms. The number of benzene rings is 1. The van der Waals surface area contributed by atoms with Gasteiger partial charge in [-0.3, -0.25) is 0 Å². The summed E-state index contributed by atoms with van der Waals surface area (Å²) in [7, 11) is 0. The van der Waals surface area contributed by atoms with Gasteiger partial charge in [-0.25, -0.2) is 4.79 Å². The average molecular weight is 292 g/mol. The van der Waals surface area contributed by atoms with E-state index in [1.54, 1.807) is 0 Å². The van der Waals surface area contributed by atoms with Gasteiger partial charge < -0.3 is 20.5 Å². The molecule has 1 aliphatic carbocycles. The SMILES string of the molecule is CCOCc1ccccc1NC(=O)NC1CCC(O)CC1. The van der Waals surface area contributed by atoms with Gasteiger partial charge in [-0.15, -0.1) is 0 Å². The van der Waals surface area contributed by atoms with E-state index in [1.165, 1.54) is 0 Å². The molecule has 0 radical (unpaired) electrons. The fraction of sp³-hybridized carbons (Fsp3) is 0.562. The molecule has 0 atom stereocenters. The molecule has 0 aliphatic heterocycles. The molecule has 116 valence electrons. The third-order valence-electron chi connectivity index (χ3n) is 3.76. The van der Waals surface area contributed by atoms with E-state index in [0.29, 0.717) is 13.2 Å². The zero-order chi connectivity index (χ0) is 15.1. The van der Waals surface area contributed by atoms with E-state index in [-0.39, 0.29) is 18.2 Å². The molecule has 2 rings (SSSR count). The highest BCUT2D eigenvalue weighted by Crippen LogP contribution is 2.19. The van der Waals surface area contributed by atoms with Crippen molar-refractivity contribution in [3.63, 3.8) is 0 Å². The van der Waals surface area contributed by atoms with Gasteiger partial charge in [0.2, 0.25) is 0 Å². The molecule has 0 unspecified atom stereocenters. The molecule has 1 aromatic carbocycles. The van der Waals surface area contributed by atoms with Gasteiger partial charge in [-0.05, 0) is 38.7 Å². The van der Waals surface area contributed by atoms with Crippen LogP contribution in [0, 0.1) is 0 Å². The minimum Gasteiger partial charge on any atom is -0.393 e. The quantitative estimate of drug-likeness (QED) is 0.781. The van der Waals surface area contributed by atoms with Crippen molar-refractivity contribution in [2.24, 2.45) is 0 Å². The van der Waals surface area contributed by atoms with Crippen molar-refractivity contribution in [3.8, 4) is 0 Å². The summed E-state index contributed by atoms with van der Waals surface area (Å²) in [6.45, 7) is 3.08. The minimum absolute atomic E-state index is 0.146. The van der Waals surface area contributed by atoms with E-state index in [9.17, 15) is 9.90 Å². The van der Waals surface area contributed by atoms with Crippen molar-refractivity contribution in [2.45, 2.75) is 51.4 Å². The Hall–Kier alpha value is -1.59. The summed E-state index contributed by atoms with van der Waals surface area (Å²) in [5, 5.41) is 15.3. The molecule has 0 heterocycles. The standard InChI is InChI=1S/C16H24N2O3/c1-2-21-11-12-5-3-4-6-15(12)18-16(20)17-13-7-9-14(19)10-8-13/h3-6,13-14,19H,2,7-11H2,1H3,(H2,17,18,20). The van der Waals surface area contributed by atoms with Crippen LogP contribution < -0.4 is 10.6 Å². The lowest BCUT2D eigenvalue weighted by Crippen LogP contribution is -2.41. The van der Waals surface area contributed by atoms with Gasteiger partial charge in [0.15, 0.2) is 0 Å². The Balaban J connectivity index is 1.87. The first kappa shape index (κ1) is 15.8. The summed E-state index contributed by atoms with van der Waals surface area (Å²) in [4.78, 5) is 12.1. The number of carbonyl (C=O) groups excluding carboxylic acids is 1. The predicted octanol–water partition coefficient (Wildman–Crippen LogP) is 2.65. The van der Waals surface area contributed by atoms with Gasteiger partial charge in [0.05, 0.1) is 12.7 Å². The number of aliphatic hydroxyl groups excluding tert-OH is 1. The van der Waals surface area contributed by atoms with E-state index in [4.69, 9.17) is 4.74 Å². The third-order valence-corrected chi connectivity index (χ3v) is 3.76. The van der Waals surface area contributed by atoms with Gasteiger partial charge in [0, 0.05) is 23.9 Å². The third kappa shape index (κ3) is 5.02. The van der Waals surface area contributed by atoms with Crippen LogP contribution in [0.2, 0.25) is 0 Å². The second-order valence-corrected chi connectivity index (χ2v) is 5.40. The summed E-state index contributed by atoms with van der Waals surface area (Å²) in [5.41, 5.74) is 1.74. The number of hydrogen-bond donors (Lipinski definition) is 3. The Morgan fingerprint density at radius 2 is 2.00 bits per heavy atom. The number of carbonyl (C=O) groups is 1. The van der Waals surface area contributed by atoms with Crippen LogP contribution in [-0.2, 0) is 11.3 Å². The molecule has 5 nitrogen and oxygen atoms in total. The fourth-order valence-corrected chi connectivity index (χ4v) is 2.54. The normalized spacial score (nSPS) is 21.8. The van der Waals surface area contributed by atoms with Crippen LogP contribution >= 0.6 is 0 Å². The first-order chi connectivity index (χ1) is 10.2. The molecule has 0 spiro atoms. The number of rotatable bonds is 5. The highest BCUT2D eigenvalue weighted by atomic mass is 16.5. The van der Waals surface area contributed by atoms with E-state index < -0.39 is 0 Å². The monoisotopic (exact) mass is 292 g/mol. The van der Waals surface area contributed by atoms with Crippen LogP contribution in [0.1, 0.15) is 38.2 Å². The van der Waals surface area contributed by atoms with E-state index >= 15 is 0 Å². The number of urea groups is 1. The smallest absolute Gasteiger partial charge is 0.319 e. The zero-order valence-corrected chi connectivity index (χ0v) is 12.5. The van der Waals surface area contributed by atoms with Crippen molar-refractivity contribution in [3.05, 3.63) is 29.8 Å². The number of nitrogens with one attached hydrogen (secondary N) is 2. The van der Waals surface area contributed by atoms with Crippen LogP contribution in [0.3, 0.4) is 0 Å². The summed E-state index contributed by atoms with van der Waals surface area (Å²) in [6.07, 6.45) is 2.96. The molecule has 3 N–H and O–H groups in total. The van der Waals surface area contributed by atoms with Gasteiger partial charge in [-0.2, -0.15) is 0 Å². The lowest BCUT2D eigenvalue weighted by molar-refractivity contribution is 0.118. The molecule has 1 fully saturated rings. The van der Waals surface area contributed by atoms with Gasteiger partial charge in [0.25, 0.3) is 0 Å². The van der Waals surface area contributed by atoms with Gasteiger partial charge in [0.1, 0.15) is 0 Å². The van der Waals surface area contributed by atoms with Gasteiger partial charge >= 0.3 is 6.03 Å². The second kappa shape index (κ2) is 8.00. The van der Waals surface area contributed by atoms with Crippen molar-refractivity contribution in [2.75, 3.05) is 11.9 Å². The maximum absolute atomic E-state index is 12.1. The fourth-order valence-electron chi connectivity index (χ4n) is 2.54. The Bertz CT molecular complexity index is 457. The Kier molecular flexibility index (Phi) is 6.02. The molecule has 1 saturated carbocycles. The summed E-state index contributed by atoms with van der Waals surface area (Å²) < 4.78 is 5.40. The summed E-state index contributed by atoms with van der Waals surface area (Å²) in [6, 6.07) is 7.59. The summed E-state index contributed by atoms with van der Waals surface area (Å²) >= 11 is 0. The maximum Gasteiger partial charge on any atom is 0.319 e. The number of amides is 2. The van der Waals surface area contributed by atoms with E-state index in [1.807, 2.05) is 31.2 Å². The number of hydrogen-bond acceptors (Lipinski definition) is 3. The van der Waals surface area contributed by atoms with Crippen molar-refractivity contribution < 1.29 is 14.6 Å². The molecular weight excluding hydrogens is 268 g/mol. The highest BCUT2D eigenvalue weighted by Gasteiger charge is 2.20. The first-order valence-corrected chi connectivity index (χ1v) is 7.60. The second-order valence-electron chi connectivity index (χ2n) is 5.40. The molecule has 1 aliphatic rings. The molecule has 0 aromatic heterocycles. The number of para-hydroxylation sites is 1. The van der Waals surface area contributed by atoms with Crippen molar-refractivity contribution in [1.29, 1.82) is 0 Å². The Labute approximate surface area is 125 Å². The number of anilines is 1. The lowest BCUT2D eigenvalue weighted by atomic mass is 9.93. The molecular formula is C16H24N2O3. The van der Waals surface area contributed by atoms with E-state index in [0.717, 1.165) is 36.9 Å². The zero-order valence-electron chi connectivity index (χ0n) is 12.5. The van der Waals surface area contributed by atoms with Crippen LogP contribution in [0.25, 0.3) is 0 Å². The number of ether oxygens (including phenoxy) is 1. The molecule has 0 saturated heterocycles.